The minimum Gasteiger partial charge on any atom is -0.336 e. The molecule has 3 heteroatoms. The van der Waals surface area contributed by atoms with Crippen LogP contribution in [-0.2, 0) is 6.54 Å². The average Bonchev–Trinajstić information content (AvgIpc) is 2.38. The summed E-state index contributed by atoms with van der Waals surface area (Å²) in [6.07, 6.45) is 4.67. The molecule has 2 N–H and O–H groups in total. The Morgan fingerprint density at radius 2 is 2.00 bits per heavy atom. The van der Waals surface area contributed by atoms with Crippen molar-refractivity contribution in [3.8, 4) is 0 Å². The molecule has 0 heterocycles. The monoisotopic (exact) mass is 262 g/mol. The Hall–Kier alpha value is -1.51. The van der Waals surface area contributed by atoms with Crippen LogP contribution in [0.2, 0.25) is 0 Å². The third-order valence-electron chi connectivity index (χ3n) is 3.32. The lowest BCUT2D eigenvalue weighted by Gasteiger charge is -2.15. The number of unbranched alkanes of at least 4 members (excludes halogenated alkanes) is 2. The summed E-state index contributed by atoms with van der Waals surface area (Å²) in [5.41, 5.74) is 2.37. The quantitative estimate of drug-likeness (QED) is 0.722. The zero-order chi connectivity index (χ0) is 14.1. The fraction of sp³-hybridized carbons (Fsp3) is 0.562. The van der Waals surface area contributed by atoms with Gasteiger partial charge in [0.2, 0.25) is 0 Å². The number of hydrogen-bond acceptors (Lipinski definition) is 1. The Bertz CT molecular complexity index is 390. The van der Waals surface area contributed by atoms with Crippen LogP contribution in [0.4, 0.5) is 4.79 Å². The van der Waals surface area contributed by atoms with Crippen molar-refractivity contribution in [2.75, 3.05) is 0 Å². The zero-order valence-corrected chi connectivity index (χ0v) is 12.3. The van der Waals surface area contributed by atoms with Gasteiger partial charge < -0.3 is 10.6 Å². The van der Waals surface area contributed by atoms with E-state index >= 15 is 0 Å². The fourth-order valence-electron chi connectivity index (χ4n) is 2.03. The van der Waals surface area contributed by atoms with E-state index < -0.39 is 0 Å². The Morgan fingerprint density at radius 1 is 1.26 bits per heavy atom. The topological polar surface area (TPSA) is 41.1 Å². The summed E-state index contributed by atoms with van der Waals surface area (Å²) in [6, 6.07) is 8.27. The van der Waals surface area contributed by atoms with E-state index in [0.717, 1.165) is 12.0 Å². The first-order chi connectivity index (χ1) is 9.13. The summed E-state index contributed by atoms with van der Waals surface area (Å²) in [6.45, 7) is 6.89. The summed E-state index contributed by atoms with van der Waals surface area (Å²) in [5, 5.41) is 5.89. The van der Waals surface area contributed by atoms with Crippen LogP contribution in [0, 0.1) is 6.92 Å². The molecule has 2 amide bonds. The highest BCUT2D eigenvalue weighted by Gasteiger charge is 2.06. The van der Waals surface area contributed by atoms with Crippen LogP contribution in [-0.4, -0.2) is 12.1 Å². The predicted molar refractivity (Wildman–Crippen MR) is 80.2 cm³/mol. The molecule has 19 heavy (non-hydrogen) atoms. The number of carbonyl (C=O) groups is 1. The summed E-state index contributed by atoms with van der Waals surface area (Å²) < 4.78 is 0. The highest BCUT2D eigenvalue weighted by molar-refractivity contribution is 5.74. The van der Waals surface area contributed by atoms with Gasteiger partial charge in [0, 0.05) is 12.6 Å². The molecule has 0 aromatic heterocycles. The Morgan fingerprint density at radius 3 is 2.68 bits per heavy atom. The van der Waals surface area contributed by atoms with Crippen LogP contribution in [0.1, 0.15) is 50.7 Å². The normalized spacial score (nSPS) is 11.9. The van der Waals surface area contributed by atoms with Crippen LogP contribution >= 0.6 is 0 Å². The fourth-order valence-corrected chi connectivity index (χ4v) is 2.03. The minimum atomic E-state index is -0.0766. The second kappa shape index (κ2) is 8.57. The van der Waals surface area contributed by atoms with E-state index in [1.54, 1.807) is 0 Å². The van der Waals surface area contributed by atoms with Crippen molar-refractivity contribution in [1.82, 2.24) is 10.6 Å². The largest absolute Gasteiger partial charge is 0.336 e. The highest BCUT2D eigenvalue weighted by atomic mass is 16.2. The standard InChI is InChI=1S/C16H26N2O/c1-4-5-6-10-14(3)18-16(19)17-12-15-11-8-7-9-13(15)2/h7-9,11,14H,4-6,10,12H2,1-3H3,(H2,17,18,19). The first-order valence-electron chi connectivity index (χ1n) is 7.22. The molecule has 0 saturated heterocycles. The van der Waals surface area contributed by atoms with Gasteiger partial charge in [-0.05, 0) is 31.4 Å². The van der Waals surface area contributed by atoms with Gasteiger partial charge in [-0.2, -0.15) is 0 Å². The van der Waals surface area contributed by atoms with E-state index in [4.69, 9.17) is 0 Å². The molecule has 1 aromatic rings. The molecule has 0 saturated carbocycles. The SMILES string of the molecule is CCCCCC(C)NC(=O)NCc1ccccc1C. The van der Waals surface area contributed by atoms with Crippen LogP contribution in [0.15, 0.2) is 24.3 Å². The van der Waals surface area contributed by atoms with E-state index in [9.17, 15) is 4.79 Å². The van der Waals surface area contributed by atoms with Gasteiger partial charge in [0.1, 0.15) is 0 Å². The lowest BCUT2D eigenvalue weighted by atomic mass is 10.1. The number of nitrogens with one attached hydrogen (secondary N) is 2. The highest BCUT2D eigenvalue weighted by Crippen LogP contribution is 2.06. The number of carbonyl (C=O) groups excluding carboxylic acids is 1. The maximum absolute atomic E-state index is 11.7. The number of hydrogen-bond donors (Lipinski definition) is 2. The van der Waals surface area contributed by atoms with Crippen LogP contribution in [0.3, 0.4) is 0 Å². The second-order valence-corrected chi connectivity index (χ2v) is 5.15. The Kier molecular flexibility index (Phi) is 7.01. The van der Waals surface area contributed by atoms with Gasteiger partial charge >= 0.3 is 6.03 Å². The van der Waals surface area contributed by atoms with Crippen molar-refractivity contribution in [2.45, 2.75) is 59.0 Å². The molecule has 1 rings (SSSR count). The molecule has 3 nitrogen and oxygen atoms in total. The van der Waals surface area contributed by atoms with E-state index in [-0.39, 0.29) is 12.1 Å². The number of amides is 2. The van der Waals surface area contributed by atoms with Gasteiger partial charge in [0.25, 0.3) is 0 Å². The van der Waals surface area contributed by atoms with Crippen molar-refractivity contribution >= 4 is 6.03 Å². The van der Waals surface area contributed by atoms with E-state index in [1.165, 1.54) is 24.8 Å². The lowest BCUT2D eigenvalue weighted by molar-refractivity contribution is 0.236. The van der Waals surface area contributed by atoms with Crippen molar-refractivity contribution < 1.29 is 4.79 Å². The van der Waals surface area contributed by atoms with Gasteiger partial charge in [-0.1, -0.05) is 50.5 Å². The van der Waals surface area contributed by atoms with Crippen LogP contribution in [0.5, 0.6) is 0 Å². The van der Waals surface area contributed by atoms with Crippen molar-refractivity contribution in [3.63, 3.8) is 0 Å². The second-order valence-electron chi connectivity index (χ2n) is 5.15. The Labute approximate surface area is 116 Å². The Balaban J connectivity index is 2.26. The maximum atomic E-state index is 11.7. The van der Waals surface area contributed by atoms with E-state index in [2.05, 4.69) is 37.5 Å². The smallest absolute Gasteiger partial charge is 0.315 e. The maximum Gasteiger partial charge on any atom is 0.315 e. The van der Waals surface area contributed by atoms with Crippen molar-refractivity contribution in [3.05, 3.63) is 35.4 Å². The van der Waals surface area contributed by atoms with Gasteiger partial charge in [-0.3, -0.25) is 0 Å². The predicted octanol–water partition coefficient (Wildman–Crippen LogP) is 3.76. The molecule has 1 atom stereocenters. The van der Waals surface area contributed by atoms with Crippen molar-refractivity contribution in [2.24, 2.45) is 0 Å². The number of aryl methyl sites for hydroxylation is 1. The molecule has 0 aliphatic heterocycles. The summed E-state index contributed by atoms with van der Waals surface area (Å²) in [4.78, 5) is 11.7. The lowest BCUT2D eigenvalue weighted by Crippen LogP contribution is -2.40. The van der Waals surface area contributed by atoms with Gasteiger partial charge in [0.05, 0.1) is 0 Å². The number of urea groups is 1. The number of rotatable bonds is 7. The van der Waals surface area contributed by atoms with Gasteiger partial charge in [0.15, 0.2) is 0 Å². The molecule has 106 valence electrons. The summed E-state index contributed by atoms with van der Waals surface area (Å²) in [5.74, 6) is 0. The summed E-state index contributed by atoms with van der Waals surface area (Å²) in [7, 11) is 0. The third kappa shape index (κ3) is 6.27. The molecule has 0 bridgehead atoms. The van der Waals surface area contributed by atoms with Crippen LogP contribution < -0.4 is 10.6 Å². The van der Waals surface area contributed by atoms with Gasteiger partial charge in [-0.25, -0.2) is 4.79 Å². The molecule has 0 spiro atoms. The minimum absolute atomic E-state index is 0.0766. The molecule has 1 unspecified atom stereocenters. The first-order valence-corrected chi connectivity index (χ1v) is 7.22. The van der Waals surface area contributed by atoms with Gasteiger partial charge in [-0.15, -0.1) is 0 Å². The molecule has 0 aliphatic carbocycles. The first kappa shape index (κ1) is 15.5. The van der Waals surface area contributed by atoms with Crippen LogP contribution in [0.25, 0.3) is 0 Å². The third-order valence-corrected chi connectivity index (χ3v) is 3.32. The van der Waals surface area contributed by atoms with Crippen molar-refractivity contribution in [1.29, 1.82) is 0 Å². The molecule has 1 aromatic carbocycles. The molecular formula is C16H26N2O. The van der Waals surface area contributed by atoms with E-state index in [0.29, 0.717) is 6.54 Å². The molecular weight excluding hydrogens is 236 g/mol. The molecule has 0 radical (unpaired) electrons. The number of benzene rings is 1. The average molecular weight is 262 g/mol. The summed E-state index contributed by atoms with van der Waals surface area (Å²) >= 11 is 0. The molecule has 0 aliphatic rings. The van der Waals surface area contributed by atoms with E-state index in [1.807, 2.05) is 18.2 Å². The molecule has 0 fully saturated rings. The zero-order valence-electron chi connectivity index (χ0n) is 12.3.